The average molecular weight is 689 g/mol. The number of para-hydroxylation sites is 3. The van der Waals surface area contributed by atoms with Crippen molar-refractivity contribution in [1.82, 2.24) is 19.1 Å². The van der Waals surface area contributed by atoms with E-state index in [0.717, 1.165) is 77.8 Å². The average Bonchev–Trinajstić information content (AvgIpc) is 3.81. The van der Waals surface area contributed by atoms with Crippen LogP contribution in [0.4, 0.5) is 0 Å². The lowest BCUT2D eigenvalue weighted by Crippen LogP contribution is -2.03. The third-order valence-electron chi connectivity index (χ3n) is 11.0. The van der Waals surface area contributed by atoms with Crippen LogP contribution >= 0.6 is 0 Å². The van der Waals surface area contributed by atoms with Crippen LogP contribution in [-0.4, -0.2) is 19.1 Å². The zero-order valence-electron chi connectivity index (χ0n) is 28.9. The van der Waals surface area contributed by atoms with Crippen LogP contribution < -0.4 is 0 Å². The summed E-state index contributed by atoms with van der Waals surface area (Å²) < 4.78 is 11.3. The van der Waals surface area contributed by atoms with Crippen molar-refractivity contribution in [1.29, 1.82) is 0 Å². The van der Waals surface area contributed by atoms with Gasteiger partial charge in [0.1, 0.15) is 11.1 Å². The van der Waals surface area contributed by atoms with Gasteiger partial charge in [-0.3, -0.25) is 4.57 Å². The molecule has 0 radical (unpaired) electrons. The Labute approximate surface area is 309 Å². The van der Waals surface area contributed by atoms with Gasteiger partial charge in [-0.05, 0) is 101 Å². The summed E-state index contributed by atoms with van der Waals surface area (Å²) in [6.45, 7) is 0. The highest BCUT2D eigenvalue weighted by Crippen LogP contribution is 2.41. The third-order valence-corrected chi connectivity index (χ3v) is 11.0. The highest BCUT2D eigenvalue weighted by molar-refractivity contribution is 6.23. The largest absolute Gasteiger partial charge is 0.450 e. The first-order valence-electron chi connectivity index (χ1n) is 18.2. The Bertz CT molecular complexity index is 3410. The van der Waals surface area contributed by atoms with Crippen LogP contribution in [-0.2, 0) is 6.42 Å². The monoisotopic (exact) mass is 688 g/mol. The van der Waals surface area contributed by atoms with E-state index in [0.29, 0.717) is 17.2 Å². The van der Waals surface area contributed by atoms with Gasteiger partial charge < -0.3 is 8.98 Å². The highest BCUT2D eigenvalue weighted by atomic mass is 16.3. The van der Waals surface area contributed by atoms with E-state index >= 15 is 0 Å². The van der Waals surface area contributed by atoms with Gasteiger partial charge in [-0.15, -0.1) is 0 Å². The SMILES string of the molecule is c1ccc2ccc3c(c2c#1)c1cc2ccccc2cc1n3-c1nc(C2=CCc3c(n(-c4ccccc4)c4ccccc34)C=C2)nc2c1oc1ccccc12. The molecule has 1 aliphatic rings. The summed E-state index contributed by atoms with van der Waals surface area (Å²) in [5.74, 6) is 1.36. The maximum atomic E-state index is 6.70. The van der Waals surface area contributed by atoms with E-state index < -0.39 is 0 Å². The van der Waals surface area contributed by atoms with Gasteiger partial charge in [0.15, 0.2) is 17.2 Å². The number of aromatic nitrogens is 4. The van der Waals surface area contributed by atoms with E-state index in [1.165, 1.54) is 21.9 Å². The lowest BCUT2D eigenvalue weighted by molar-refractivity contribution is 0.662. The maximum absolute atomic E-state index is 6.70. The fraction of sp³-hybridized carbons (Fsp3) is 0.0204. The molecule has 0 spiro atoms. The van der Waals surface area contributed by atoms with Gasteiger partial charge in [0.25, 0.3) is 0 Å². The molecule has 5 heteroatoms. The first-order valence-corrected chi connectivity index (χ1v) is 18.2. The van der Waals surface area contributed by atoms with E-state index in [4.69, 9.17) is 14.4 Å². The van der Waals surface area contributed by atoms with Crippen molar-refractivity contribution in [3.8, 4) is 11.5 Å². The van der Waals surface area contributed by atoms with Gasteiger partial charge in [0.2, 0.25) is 0 Å². The topological polar surface area (TPSA) is 48.8 Å². The fourth-order valence-corrected chi connectivity index (χ4v) is 8.60. The molecule has 0 fully saturated rings. The van der Waals surface area contributed by atoms with Gasteiger partial charge in [0, 0.05) is 38.2 Å². The zero-order valence-corrected chi connectivity index (χ0v) is 28.9. The summed E-state index contributed by atoms with van der Waals surface area (Å²) in [5.41, 5.74) is 10.0. The van der Waals surface area contributed by atoms with Crippen molar-refractivity contribution in [3.05, 3.63) is 181 Å². The highest BCUT2D eigenvalue weighted by Gasteiger charge is 2.24. The van der Waals surface area contributed by atoms with Crippen LogP contribution in [0.5, 0.6) is 0 Å². The Morgan fingerprint density at radius 1 is 0.611 bits per heavy atom. The molecule has 4 aromatic heterocycles. The van der Waals surface area contributed by atoms with Crippen LogP contribution in [0.3, 0.4) is 0 Å². The van der Waals surface area contributed by atoms with Gasteiger partial charge >= 0.3 is 0 Å². The molecule has 0 amide bonds. The van der Waals surface area contributed by atoms with Gasteiger partial charge in [-0.1, -0.05) is 97.1 Å². The first kappa shape index (κ1) is 29.2. The second-order valence-electron chi connectivity index (χ2n) is 14.0. The van der Waals surface area contributed by atoms with E-state index in [2.05, 4.69) is 155 Å². The molecule has 0 bridgehead atoms. The number of furan rings is 1. The Balaban J connectivity index is 1.15. The predicted octanol–water partition coefficient (Wildman–Crippen LogP) is 12.0. The first-order chi connectivity index (χ1) is 26.8. The molecular weight excluding hydrogens is 661 g/mol. The van der Waals surface area contributed by atoms with E-state index in [9.17, 15) is 0 Å². The smallest absolute Gasteiger partial charge is 0.197 e. The Morgan fingerprint density at radius 2 is 1.41 bits per heavy atom. The fourth-order valence-electron chi connectivity index (χ4n) is 8.60. The van der Waals surface area contributed by atoms with Crippen molar-refractivity contribution >= 4 is 88.0 Å². The molecule has 0 atom stereocenters. The Kier molecular flexibility index (Phi) is 5.97. The molecule has 250 valence electrons. The lowest BCUT2D eigenvalue weighted by Gasteiger charge is -2.11. The van der Waals surface area contributed by atoms with E-state index in [1.807, 2.05) is 24.3 Å². The normalized spacial score (nSPS) is 13.0. The summed E-state index contributed by atoms with van der Waals surface area (Å²) >= 11 is 0. The summed E-state index contributed by atoms with van der Waals surface area (Å²) in [6, 6.07) is 55.5. The molecule has 0 N–H and O–H groups in total. The van der Waals surface area contributed by atoms with Crippen LogP contribution in [0.1, 0.15) is 17.1 Å². The Morgan fingerprint density at radius 3 is 2.31 bits per heavy atom. The number of hydrogen-bond donors (Lipinski definition) is 0. The molecule has 54 heavy (non-hydrogen) atoms. The van der Waals surface area contributed by atoms with Gasteiger partial charge in [-0.25, -0.2) is 9.97 Å². The molecule has 7 aromatic carbocycles. The molecule has 5 nitrogen and oxygen atoms in total. The minimum absolute atomic E-state index is 0.650. The minimum atomic E-state index is 0.650. The molecule has 11 aromatic rings. The molecule has 0 aliphatic heterocycles. The van der Waals surface area contributed by atoms with Crippen molar-refractivity contribution in [2.45, 2.75) is 6.42 Å². The molecule has 0 unspecified atom stereocenters. The molecule has 1 aliphatic carbocycles. The Hall–Kier alpha value is -7.42. The van der Waals surface area contributed by atoms with Crippen molar-refractivity contribution in [2.75, 3.05) is 0 Å². The molecule has 0 saturated carbocycles. The quantitative estimate of drug-likeness (QED) is 0.186. The van der Waals surface area contributed by atoms with Crippen LogP contribution in [0, 0.1) is 12.1 Å². The van der Waals surface area contributed by atoms with E-state index in [1.54, 1.807) is 0 Å². The lowest BCUT2D eigenvalue weighted by atomic mass is 10.0. The standard InChI is InChI=1S/C49H28N4O/c1-2-15-34(16-3-1)52-40-20-10-8-18-36(40)37-25-22-31(24-26-41(37)52)48-50-46-38-19-9-11-21-44(38)54-47(46)49(51-48)53-42-27-23-30-12-6-7-17-35(30)45(42)39-28-32-13-4-5-14-33(32)29-43(39)53/h1-6,8-16,18-24,26-29H,25H2. The van der Waals surface area contributed by atoms with Crippen LogP contribution in [0.15, 0.2) is 156 Å². The van der Waals surface area contributed by atoms with Crippen molar-refractivity contribution in [2.24, 2.45) is 0 Å². The number of rotatable bonds is 3. The number of hydrogen-bond acceptors (Lipinski definition) is 3. The van der Waals surface area contributed by atoms with E-state index in [-0.39, 0.29) is 0 Å². The van der Waals surface area contributed by atoms with Crippen molar-refractivity contribution in [3.63, 3.8) is 0 Å². The van der Waals surface area contributed by atoms with Crippen molar-refractivity contribution < 1.29 is 4.42 Å². The van der Waals surface area contributed by atoms with Gasteiger partial charge in [-0.2, -0.15) is 0 Å². The van der Waals surface area contributed by atoms with Crippen LogP contribution in [0.25, 0.3) is 99.5 Å². The summed E-state index contributed by atoms with van der Waals surface area (Å²) in [5, 5.41) is 8.93. The second kappa shape index (κ2) is 11.0. The summed E-state index contributed by atoms with van der Waals surface area (Å²) in [7, 11) is 0. The van der Waals surface area contributed by atoms with Crippen LogP contribution in [0.2, 0.25) is 0 Å². The molecular formula is C49H28N4O. The molecule has 4 heterocycles. The number of allylic oxidation sites excluding steroid dienone is 3. The second-order valence-corrected chi connectivity index (χ2v) is 14.0. The molecule has 0 saturated heterocycles. The predicted molar refractivity (Wildman–Crippen MR) is 220 cm³/mol. The maximum Gasteiger partial charge on any atom is 0.197 e. The zero-order chi connectivity index (χ0) is 35.3. The summed E-state index contributed by atoms with van der Waals surface area (Å²) in [4.78, 5) is 10.8. The minimum Gasteiger partial charge on any atom is -0.450 e. The third kappa shape index (κ3) is 4.11. The number of benzene rings is 6. The summed E-state index contributed by atoms with van der Waals surface area (Å²) in [6.07, 6.45) is 7.41. The molecule has 12 rings (SSSR count). The number of nitrogens with zero attached hydrogens (tertiary/aromatic N) is 4. The van der Waals surface area contributed by atoms with Gasteiger partial charge in [0.05, 0.1) is 22.2 Å². The number of fused-ring (bicyclic) bond motifs is 12.